The van der Waals surface area contributed by atoms with E-state index in [4.69, 9.17) is 18.8 Å². The van der Waals surface area contributed by atoms with Crippen molar-refractivity contribution in [3.63, 3.8) is 0 Å². The summed E-state index contributed by atoms with van der Waals surface area (Å²) in [6, 6.07) is 10.5. The Morgan fingerprint density at radius 3 is 2.11 bits per heavy atom. The summed E-state index contributed by atoms with van der Waals surface area (Å²) < 4.78 is 40.4. The SMILES string of the molecule is COc1cc(C(=O)Nc2ccc(B3OC(C)(C)C(C)(C)O3)c(C)c2)ccc1S(C)(C)(=O)NC(C)(C)OC. The molecule has 37 heavy (non-hydrogen) atoms. The first kappa shape index (κ1) is 29.3. The van der Waals surface area contributed by atoms with Gasteiger partial charge in [-0.15, -0.1) is 0 Å². The molecule has 204 valence electrons. The molecule has 2 aromatic rings. The number of methoxy groups -OCH3 is 2. The van der Waals surface area contributed by atoms with Gasteiger partial charge in [0.15, 0.2) is 0 Å². The molecule has 3 rings (SSSR count). The summed E-state index contributed by atoms with van der Waals surface area (Å²) in [7, 11) is -1.03. The summed E-state index contributed by atoms with van der Waals surface area (Å²) in [6.45, 7) is 13.6. The Kier molecular flexibility index (Phi) is 7.53. The number of ether oxygens (including phenoxy) is 2. The molecule has 0 unspecified atom stereocenters. The maximum atomic E-state index is 14.0. The number of aryl methyl sites for hydroxylation is 1. The van der Waals surface area contributed by atoms with Crippen LogP contribution in [0.3, 0.4) is 0 Å². The van der Waals surface area contributed by atoms with Crippen LogP contribution < -0.4 is 20.2 Å². The third-order valence-electron chi connectivity index (χ3n) is 7.15. The Hall–Kier alpha value is -2.24. The van der Waals surface area contributed by atoms with E-state index in [0.717, 1.165) is 11.0 Å². The first-order chi connectivity index (χ1) is 16.8. The molecule has 10 heteroatoms. The lowest BCUT2D eigenvalue weighted by Gasteiger charge is -2.42. The molecule has 1 heterocycles. The number of carbonyl (C=O) groups is 1. The van der Waals surface area contributed by atoms with Crippen molar-refractivity contribution in [1.82, 2.24) is 4.72 Å². The Morgan fingerprint density at radius 2 is 1.59 bits per heavy atom. The second kappa shape index (κ2) is 9.50. The van der Waals surface area contributed by atoms with Gasteiger partial charge in [-0.2, -0.15) is 0 Å². The van der Waals surface area contributed by atoms with E-state index in [2.05, 4.69) is 10.0 Å². The van der Waals surface area contributed by atoms with Crippen LogP contribution in [0.5, 0.6) is 5.75 Å². The Labute approximate surface area is 221 Å². The predicted octanol–water partition coefficient (Wildman–Crippen LogP) is 3.88. The van der Waals surface area contributed by atoms with Crippen molar-refractivity contribution in [1.29, 1.82) is 0 Å². The molecule has 2 N–H and O–H groups in total. The van der Waals surface area contributed by atoms with Crippen LogP contribution in [-0.2, 0) is 23.3 Å². The number of hydrogen-bond donors (Lipinski definition) is 2. The van der Waals surface area contributed by atoms with E-state index in [0.29, 0.717) is 21.9 Å². The number of hydrogen-bond acceptors (Lipinski definition) is 6. The maximum absolute atomic E-state index is 14.0. The summed E-state index contributed by atoms with van der Waals surface area (Å²) in [6.07, 6.45) is 3.25. The first-order valence-corrected chi connectivity index (χ1v) is 15.0. The van der Waals surface area contributed by atoms with Gasteiger partial charge in [0.2, 0.25) is 0 Å². The summed E-state index contributed by atoms with van der Waals surface area (Å²) in [5, 5.41) is 2.93. The van der Waals surface area contributed by atoms with Gasteiger partial charge in [0, 0.05) is 30.9 Å². The number of amides is 1. The van der Waals surface area contributed by atoms with E-state index < -0.39 is 33.3 Å². The molecule has 8 nitrogen and oxygen atoms in total. The van der Waals surface area contributed by atoms with E-state index in [1.807, 2.05) is 52.8 Å². The van der Waals surface area contributed by atoms with Gasteiger partial charge in [0.05, 0.1) is 23.2 Å². The van der Waals surface area contributed by atoms with Crippen LogP contribution in [-0.4, -0.2) is 60.9 Å². The highest BCUT2D eigenvalue weighted by Crippen LogP contribution is 2.38. The molecule has 0 spiro atoms. The lowest BCUT2D eigenvalue weighted by molar-refractivity contribution is 0.00578. The van der Waals surface area contributed by atoms with Gasteiger partial charge in [0.25, 0.3) is 5.91 Å². The van der Waals surface area contributed by atoms with Crippen molar-refractivity contribution >= 4 is 33.4 Å². The molecule has 2 aromatic carbocycles. The molecule has 1 amide bonds. The fourth-order valence-electron chi connectivity index (χ4n) is 4.30. The zero-order chi connectivity index (χ0) is 28.1. The topological polar surface area (TPSA) is 95.1 Å². The number of benzene rings is 2. The van der Waals surface area contributed by atoms with Gasteiger partial charge in [-0.05, 0) is 99.1 Å². The largest absolute Gasteiger partial charge is 0.495 e. The number of rotatable bonds is 8. The molecule has 0 saturated carbocycles. The molecule has 1 aliphatic heterocycles. The zero-order valence-electron chi connectivity index (χ0n) is 23.9. The summed E-state index contributed by atoms with van der Waals surface area (Å²) >= 11 is 0. The summed E-state index contributed by atoms with van der Waals surface area (Å²) in [4.78, 5) is 13.6. The average Bonchev–Trinajstić information content (AvgIpc) is 2.98. The maximum Gasteiger partial charge on any atom is 0.495 e. The van der Waals surface area contributed by atoms with E-state index in [9.17, 15) is 9.00 Å². The molecule has 0 aliphatic carbocycles. The summed E-state index contributed by atoms with van der Waals surface area (Å²) in [5.41, 5.74) is 1.17. The van der Waals surface area contributed by atoms with E-state index in [1.54, 1.807) is 51.7 Å². The molecule has 0 aromatic heterocycles. The lowest BCUT2D eigenvalue weighted by atomic mass is 9.76. The van der Waals surface area contributed by atoms with E-state index in [1.165, 1.54) is 7.11 Å². The minimum absolute atomic E-state index is 0.312. The molecule has 1 fully saturated rings. The summed E-state index contributed by atoms with van der Waals surface area (Å²) in [5.74, 6) is 0.0370. The third kappa shape index (κ3) is 6.09. The fraction of sp³-hybridized carbons (Fsp3) is 0.519. The van der Waals surface area contributed by atoms with Crippen molar-refractivity contribution in [3.8, 4) is 5.75 Å². The third-order valence-corrected chi connectivity index (χ3v) is 9.85. The Balaban J connectivity index is 1.83. The molecule has 0 radical (unpaired) electrons. The quantitative estimate of drug-likeness (QED) is 0.396. The van der Waals surface area contributed by atoms with Crippen LogP contribution in [0, 0.1) is 6.92 Å². The Morgan fingerprint density at radius 1 is 1.00 bits per heavy atom. The van der Waals surface area contributed by atoms with Crippen molar-refractivity contribution in [2.24, 2.45) is 0 Å². The van der Waals surface area contributed by atoms with Gasteiger partial charge >= 0.3 is 7.12 Å². The van der Waals surface area contributed by atoms with Gasteiger partial charge in [-0.1, -0.05) is 6.07 Å². The van der Waals surface area contributed by atoms with Crippen LogP contribution in [0.15, 0.2) is 41.3 Å². The first-order valence-electron chi connectivity index (χ1n) is 12.2. The van der Waals surface area contributed by atoms with Gasteiger partial charge in [-0.3, -0.25) is 9.00 Å². The van der Waals surface area contributed by atoms with Crippen LogP contribution in [0.25, 0.3) is 0 Å². The second-order valence-electron chi connectivity index (χ2n) is 11.6. The smallest absolute Gasteiger partial charge is 0.495 e. The van der Waals surface area contributed by atoms with Gasteiger partial charge in [0.1, 0.15) is 11.5 Å². The average molecular weight is 533 g/mol. The van der Waals surface area contributed by atoms with E-state index >= 15 is 0 Å². The lowest BCUT2D eigenvalue weighted by Crippen LogP contribution is -2.56. The monoisotopic (exact) mass is 532 g/mol. The number of anilines is 1. The van der Waals surface area contributed by atoms with Gasteiger partial charge < -0.3 is 24.1 Å². The highest BCUT2D eigenvalue weighted by Gasteiger charge is 2.52. The van der Waals surface area contributed by atoms with Crippen molar-refractivity contribution in [3.05, 3.63) is 47.5 Å². The molecule has 1 saturated heterocycles. The van der Waals surface area contributed by atoms with Crippen LogP contribution in [0.1, 0.15) is 57.5 Å². The normalized spacial score (nSPS) is 18.2. The van der Waals surface area contributed by atoms with Crippen molar-refractivity contribution < 1.29 is 27.8 Å². The highest BCUT2D eigenvalue weighted by molar-refractivity contribution is 8.17. The molecule has 0 atom stereocenters. The number of carbonyl (C=O) groups excluding carboxylic acids is 1. The van der Waals surface area contributed by atoms with Crippen molar-refractivity contribution in [2.45, 2.75) is 70.3 Å². The molecular weight excluding hydrogens is 491 g/mol. The fourth-order valence-corrected chi connectivity index (χ4v) is 7.12. The Bertz CT molecular complexity index is 1250. The van der Waals surface area contributed by atoms with E-state index in [-0.39, 0.29) is 5.91 Å². The minimum Gasteiger partial charge on any atom is -0.495 e. The highest BCUT2D eigenvalue weighted by atomic mass is 32.3. The van der Waals surface area contributed by atoms with Crippen LogP contribution >= 0.6 is 0 Å². The minimum atomic E-state index is -3.59. The van der Waals surface area contributed by atoms with Crippen LogP contribution in [0.4, 0.5) is 5.69 Å². The number of nitrogens with one attached hydrogen (secondary N) is 2. The zero-order valence-corrected chi connectivity index (χ0v) is 24.7. The second-order valence-corrected chi connectivity index (χ2v) is 15.9. The molecular formula is C27H41BN2O6S. The molecule has 1 aliphatic rings. The van der Waals surface area contributed by atoms with Gasteiger partial charge in [-0.25, -0.2) is 4.72 Å². The standard InChI is InChI=1S/C27H41BN2O6S/c1-18-16-20(13-14-21(18)28-35-25(2,3)26(4,5)36-28)29-24(31)19-12-15-23(22(17-19)33-8)37(10,11,32)30-27(6,7)34-9/h12-17H,1-11H3,(H,29,31)(H,30,32). The molecule has 0 bridgehead atoms. The van der Waals surface area contributed by atoms with Crippen molar-refractivity contribution in [2.75, 3.05) is 32.0 Å². The van der Waals surface area contributed by atoms with Crippen LogP contribution in [0.2, 0.25) is 0 Å². The predicted molar refractivity (Wildman–Crippen MR) is 150 cm³/mol.